The minimum Gasteiger partial charge on any atom is -0.403 e. The molecule has 3 aromatic carbocycles. The van der Waals surface area contributed by atoms with E-state index < -0.39 is 17.9 Å². The van der Waals surface area contributed by atoms with Crippen molar-refractivity contribution in [2.24, 2.45) is 5.73 Å². The summed E-state index contributed by atoms with van der Waals surface area (Å²) >= 11 is 7.91. The number of nitrogens with one attached hydrogen (secondary N) is 1. The van der Waals surface area contributed by atoms with E-state index in [4.69, 9.17) is 17.3 Å². The molecule has 4 N–H and O–H groups in total. The molecular formula is C29H25ClF4N4O3S. The number of halogens is 5. The fourth-order valence-electron chi connectivity index (χ4n) is 4.54. The number of aliphatic hydroxyl groups is 1. The lowest BCUT2D eigenvalue weighted by Gasteiger charge is -2.19. The highest BCUT2D eigenvalue weighted by atomic mass is 35.5. The first-order valence-corrected chi connectivity index (χ1v) is 14.1. The molecule has 0 atom stereocenters. The van der Waals surface area contributed by atoms with E-state index in [2.05, 4.69) is 19.8 Å². The van der Waals surface area contributed by atoms with E-state index in [1.54, 1.807) is 31.2 Å². The number of nitrogens with two attached hydrogens (primary N) is 1. The minimum atomic E-state index is -3.79. The van der Waals surface area contributed by atoms with E-state index in [1.807, 2.05) is 12.3 Å². The van der Waals surface area contributed by atoms with Crippen LogP contribution in [-0.2, 0) is 12.5 Å². The Morgan fingerprint density at radius 1 is 1.14 bits per heavy atom. The lowest BCUT2D eigenvalue weighted by atomic mass is 10.0. The van der Waals surface area contributed by atoms with Gasteiger partial charge < -0.3 is 30.2 Å². The van der Waals surface area contributed by atoms with Gasteiger partial charge in [0.05, 0.1) is 23.7 Å². The standard InChI is InChI=1S/C29H25ClF4N4O3S/c1-15-36-27(28(2,31)32)13-38(15)23-6-4-16(18-8-20(30)19(14-39)26(11-18)42-3)9-21(23)37-22(12-35)17-5-7-24-25(10-17)41-29(33,34)40-24/h4-13,37,39H,14,35H2,1-3H3/b22-12-. The van der Waals surface area contributed by atoms with Crippen molar-refractivity contribution in [1.29, 1.82) is 0 Å². The zero-order valence-electron chi connectivity index (χ0n) is 22.5. The number of thioether (sulfide) groups is 1. The fraction of sp³-hybridized carbons (Fsp3) is 0.207. The number of hydrogen-bond acceptors (Lipinski definition) is 7. The SMILES string of the molecule is CSc1cc(-c2ccc(-n3cc(C(C)(F)F)nc3C)c(N/C(=C\N)c3ccc4c(c3)OC(F)(F)O4)c2)cc(Cl)c1CO. The number of imidazole rings is 1. The number of alkyl halides is 4. The Hall–Kier alpha value is -3.87. The van der Waals surface area contributed by atoms with E-state index in [0.29, 0.717) is 44.6 Å². The van der Waals surface area contributed by atoms with Gasteiger partial charge in [-0.2, -0.15) is 8.78 Å². The monoisotopic (exact) mass is 620 g/mol. The first-order valence-electron chi connectivity index (χ1n) is 12.5. The lowest BCUT2D eigenvalue weighted by Crippen LogP contribution is -2.25. The zero-order valence-corrected chi connectivity index (χ0v) is 24.1. The van der Waals surface area contributed by atoms with Crippen molar-refractivity contribution in [3.05, 3.63) is 88.6 Å². The van der Waals surface area contributed by atoms with Gasteiger partial charge in [-0.25, -0.2) is 4.98 Å². The molecule has 0 unspecified atom stereocenters. The van der Waals surface area contributed by atoms with Gasteiger partial charge in [-0.15, -0.1) is 20.5 Å². The summed E-state index contributed by atoms with van der Waals surface area (Å²) < 4.78 is 66.1. The quantitative estimate of drug-likeness (QED) is 0.139. The van der Waals surface area contributed by atoms with E-state index >= 15 is 0 Å². The first kappa shape index (κ1) is 29.6. The maximum absolute atomic E-state index is 14.1. The van der Waals surface area contributed by atoms with Gasteiger partial charge in [0.15, 0.2) is 11.5 Å². The summed E-state index contributed by atoms with van der Waals surface area (Å²) in [6.45, 7) is 2.14. The molecule has 0 aliphatic carbocycles. The number of ether oxygens (including phenoxy) is 2. The largest absolute Gasteiger partial charge is 0.586 e. The molecule has 1 aromatic heterocycles. The van der Waals surface area contributed by atoms with Crippen LogP contribution in [-0.4, -0.2) is 27.2 Å². The third-order valence-electron chi connectivity index (χ3n) is 6.60. The van der Waals surface area contributed by atoms with Crippen LogP contribution < -0.4 is 20.5 Å². The molecule has 0 saturated heterocycles. The molecule has 0 amide bonds. The molecule has 42 heavy (non-hydrogen) atoms. The zero-order chi connectivity index (χ0) is 30.4. The predicted octanol–water partition coefficient (Wildman–Crippen LogP) is 7.52. The summed E-state index contributed by atoms with van der Waals surface area (Å²) in [5, 5.41) is 13.4. The molecule has 5 rings (SSSR count). The van der Waals surface area contributed by atoms with Crippen molar-refractivity contribution in [3.8, 4) is 28.3 Å². The van der Waals surface area contributed by atoms with Gasteiger partial charge in [0.1, 0.15) is 11.5 Å². The molecule has 7 nitrogen and oxygen atoms in total. The van der Waals surface area contributed by atoms with Crippen LogP contribution in [0.2, 0.25) is 5.02 Å². The van der Waals surface area contributed by atoms with Gasteiger partial charge in [-0.1, -0.05) is 17.7 Å². The molecular weight excluding hydrogens is 596 g/mol. The Morgan fingerprint density at radius 2 is 1.88 bits per heavy atom. The van der Waals surface area contributed by atoms with Crippen LogP contribution in [0.5, 0.6) is 11.5 Å². The second-order valence-corrected chi connectivity index (χ2v) is 10.8. The molecule has 2 heterocycles. The second kappa shape index (κ2) is 11.1. The Labute approximate surface area is 247 Å². The number of aromatic nitrogens is 2. The normalized spacial score (nSPS) is 14.4. The number of hydrogen-bond donors (Lipinski definition) is 3. The molecule has 220 valence electrons. The van der Waals surface area contributed by atoms with Gasteiger partial charge in [-0.3, -0.25) is 0 Å². The van der Waals surface area contributed by atoms with Crippen molar-refractivity contribution in [1.82, 2.24) is 9.55 Å². The highest BCUT2D eigenvalue weighted by Crippen LogP contribution is 2.43. The van der Waals surface area contributed by atoms with Crippen LogP contribution in [0, 0.1) is 6.92 Å². The topological polar surface area (TPSA) is 94.6 Å². The Kier molecular flexibility index (Phi) is 7.82. The highest BCUT2D eigenvalue weighted by Gasteiger charge is 2.43. The van der Waals surface area contributed by atoms with Crippen LogP contribution in [0.4, 0.5) is 23.2 Å². The number of rotatable bonds is 8. The maximum atomic E-state index is 14.1. The summed E-state index contributed by atoms with van der Waals surface area (Å²) in [5.74, 6) is -3.15. The smallest absolute Gasteiger partial charge is 0.403 e. The van der Waals surface area contributed by atoms with Crippen molar-refractivity contribution in [2.75, 3.05) is 11.6 Å². The van der Waals surface area contributed by atoms with Gasteiger partial charge >= 0.3 is 6.29 Å². The number of benzene rings is 3. The Bertz CT molecular complexity index is 1710. The van der Waals surface area contributed by atoms with Crippen LogP contribution >= 0.6 is 23.4 Å². The van der Waals surface area contributed by atoms with Gasteiger partial charge in [0, 0.05) is 40.4 Å². The van der Waals surface area contributed by atoms with Crippen LogP contribution in [0.25, 0.3) is 22.5 Å². The summed E-state index contributed by atoms with van der Waals surface area (Å²) in [5.41, 5.74) is 9.23. The number of aryl methyl sites for hydroxylation is 1. The van der Waals surface area contributed by atoms with E-state index in [0.717, 1.165) is 17.4 Å². The first-order chi connectivity index (χ1) is 19.8. The third kappa shape index (κ3) is 5.74. The number of anilines is 1. The second-order valence-electron chi connectivity index (χ2n) is 9.50. The fourth-order valence-corrected chi connectivity index (χ4v) is 5.54. The van der Waals surface area contributed by atoms with Crippen LogP contribution in [0.3, 0.4) is 0 Å². The molecule has 4 aromatic rings. The number of fused-ring (bicyclic) bond motifs is 1. The minimum absolute atomic E-state index is 0.127. The van der Waals surface area contributed by atoms with E-state index in [1.165, 1.54) is 46.9 Å². The van der Waals surface area contributed by atoms with Gasteiger partial charge in [-0.05, 0) is 66.8 Å². The number of aliphatic hydroxyl groups excluding tert-OH is 1. The molecule has 0 saturated carbocycles. The third-order valence-corrected chi connectivity index (χ3v) is 7.74. The van der Waals surface area contributed by atoms with Crippen LogP contribution in [0.15, 0.2) is 65.8 Å². The van der Waals surface area contributed by atoms with Crippen molar-refractivity contribution in [2.45, 2.75) is 37.6 Å². The maximum Gasteiger partial charge on any atom is 0.586 e. The van der Waals surface area contributed by atoms with Crippen molar-refractivity contribution < 1.29 is 32.1 Å². The van der Waals surface area contributed by atoms with Gasteiger partial charge in [0.2, 0.25) is 0 Å². The van der Waals surface area contributed by atoms with E-state index in [-0.39, 0.29) is 18.1 Å². The van der Waals surface area contributed by atoms with Crippen molar-refractivity contribution >= 4 is 34.7 Å². The molecule has 0 spiro atoms. The highest BCUT2D eigenvalue weighted by molar-refractivity contribution is 7.98. The summed E-state index contributed by atoms with van der Waals surface area (Å²) in [4.78, 5) is 4.83. The average Bonchev–Trinajstić information content (AvgIpc) is 3.48. The van der Waals surface area contributed by atoms with Gasteiger partial charge in [0.25, 0.3) is 5.92 Å². The summed E-state index contributed by atoms with van der Waals surface area (Å²) in [6.07, 6.45) is 0.579. The molecule has 0 radical (unpaired) electrons. The van der Waals surface area contributed by atoms with E-state index in [9.17, 15) is 22.7 Å². The van der Waals surface area contributed by atoms with Crippen LogP contribution in [0.1, 0.15) is 29.6 Å². The average molecular weight is 621 g/mol. The molecule has 0 bridgehead atoms. The predicted molar refractivity (Wildman–Crippen MR) is 154 cm³/mol. The molecule has 13 heteroatoms. The summed E-state index contributed by atoms with van der Waals surface area (Å²) in [7, 11) is 0. The Morgan fingerprint density at radius 3 is 2.52 bits per heavy atom. The lowest BCUT2D eigenvalue weighted by molar-refractivity contribution is -0.286. The van der Waals surface area contributed by atoms with Crippen molar-refractivity contribution in [3.63, 3.8) is 0 Å². The number of nitrogens with zero attached hydrogens (tertiary/aromatic N) is 2. The summed E-state index contributed by atoms with van der Waals surface area (Å²) in [6, 6.07) is 13.1. The molecule has 0 fully saturated rings. The molecule has 1 aliphatic heterocycles. The molecule has 1 aliphatic rings. The Balaban J connectivity index is 1.62.